The third-order valence-electron chi connectivity index (χ3n) is 4.38. The summed E-state index contributed by atoms with van der Waals surface area (Å²) in [5.74, 6) is 1.24. The Morgan fingerprint density at radius 3 is 2.14 bits per heavy atom. The fourth-order valence-corrected chi connectivity index (χ4v) is 2.68. The average Bonchev–Trinajstić information content (AvgIpc) is 2.74. The first-order valence-corrected chi connectivity index (χ1v) is 9.47. The molecule has 0 unspecified atom stereocenters. The van der Waals surface area contributed by atoms with Crippen LogP contribution in [-0.4, -0.2) is 12.0 Å². The van der Waals surface area contributed by atoms with Crippen LogP contribution in [0, 0.1) is 0 Å². The van der Waals surface area contributed by atoms with Crippen LogP contribution < -0.4 is 14.8 Å². The number of anilines is 1. The van der Waals surface area contributed by atoms with Crippen molar-refractivity contribution in [1.29, 1.82) is 0 Å². The SMILES string of the molecule is CCc1ccc(O[C@@H](C)C(=O)Nc2ccc(OCc3ccccc3)cc2)cc1. The molecular weight excluding hydrogens is 350 g/mol. The summed E-state index contributed by atoms with van der Waals surface area (Å²) in [5, 5.41) is 2.87. The molecule has 0 aliphatic rings. The lowest BCUT2D eigenvalue weighted by Gasteiger charge is -2.15. The second-order valence-corrected chi connectivity index (χ2v) is 6.55. The van der Waals surface area contributed by atoms with Gasteiger partial charge >= 0.3 is 0 Å². The van der Waals surface area contributed by atoms with Crippen molar-refractivity contribution in [3.05, 3.63) is 90.0 Å². The molecule has 28 heavy (non-hydrogen) atoms. The Bertz CT molecular complexity index is 874. The Kier molecular flexibility index (Phi) is 6.68. The second kappa shape index (κ2) is 9.60. The number of hydrogen-bond donors (Lipinski definition) is 1. The van der Waals surface area contributed by atoms with Gasteiger partial charge in [-0.15, -0.1) is 0 Å². The largest absolute Gasteiger partial charge is 0.489 e. The van der Waals surface area contributed by atoms with Crippen LogP contribution >= 0.6 is 0 Å². The molecule has 3 aromatic rings. The lowest BCUT2D eigenvalue weighted by molar-refractivity contribution is -0.122. The van der Waals surface area contributed by atoms with Crippen molar-refractivity contribution in [2.24, 2.45) is 0 Å². The van der Waals surface area contributed by atoms with Crippen molar-refractivity contribution >= 4 is 11.6 Å². The van der Waals surface area contributed by atoms with Gasteiger partial charge in [0.05, 0.1) is 0 Å². The van der Waals surface area contributed by atoms with Crippen LogP contribution in [0.3, 0.4) is 0 Å². The van der Waals surface area contributed by atoms with Crippen LogP contribution in [0.1, 0.15) is 25.0 Å². The fraction of sp³-hybridized carbons (Fsp3) is 0.208. The molecule has 0 heterocycles. The van der Waals surface area contributed by atoms with Gasteiger partial charge in [-0.2, -0.15) is 0 Å². The molecule has 0 radical (unpaired) electrons. The summed E-state index contributed by atoms with van der Waals surface area (Å²) < 4.78 is 11.5. The number of nitrogens with one attached hydrogen (secondary N) is 1. The topological polar surface area (TPSA) is 47.6 Å². The fourth-order valence-electron chi connectivity index (χ4n) is 2.68. The van der Waals surface area contributed by atoms with E-state index >= 15 is 0 Å². The first-order chi connectivity index (χ1) is 13.6. The van der Waals surface area contributed by atoms with Crippen molar-refractivity contribution in [2.45, 2.75) is 33.0 Å². The van der Waals surface area contributed by atoms with Gasteiger partial charge in [0.2, 0.25) is 0 Å². The molecule has 0 spiro atoms. The van der Waals surface area contributed by atoms with E-state index in [4.69, 9.17) is 9.47 Å². The molecule has 0 saturated heterocycles. The van der Waals surface area contributed by atoms with Crippen LogP contribution in [0.5, 0.6) is 11.5 Å². The van der Waals surface area contributed by atoms with E-state index in [0.29, 0.717) is 18.0 Å². The molecular formula is C24H25NO3. The summed E-state index contributed by atoms with van der Waals surface area (Å²) in [5.41, 5.74) is 3.05. The zero-order valence-corrected chi connectivity index (χ0v) is 16.2. The average molecular weight is 375 g/mol. The third-order valence-corrected chi connectivity index (χ3v) is 4.38. The predicted molar refractivity (Wildman–Crippen MR) is 112 cm³/mol. The van der Waals surface area contributed by atoms with Gasteiger partial charge in [-0.1, -0.05) is 49.4 Å². The van der Waals surface area contributed by atoms with Crippen molar-refractivity contribution < 1.29 is 14.3 Å². The number of carbonyl (C=O) groups is 1. The number of benzene rings is 3. The number of carbonyl (C=O) groups excluding carboxylic acids is 1. The highest BCUT2D eigenvalue weighted by molar-refractivity contribution is 5.94. The molecule has 1 atom stereocenters. The third kappa shape index (κ3) is 5.61. The van der Waals surface area contributed by atoms with E-state index in [1.807, 2.05) is 78.9 Å². The van der Waals surface area contributed by atoms with Gasteiger partial charge < -0.3 is 14.8 Å². The van der Waals surface area contributed by atoms with Gasteiger partial charge in [0, 0.05) is 5.69 Å². The monoisotopic (exact) mass is 375 g/mol. The number of amides is 1. The minimum atomic E-state index is -0.596. The Hall–Kier alpha value is -3.27. The summed E-state index contributed by atoms with van der Waals surface area (Å²) in [6.45, 7) is 4.35. The lowest BCUT2D eigenvalue weighted by Crippen LogP contribution is -2.30. The van der Waals surface area contributed by atoms with E-state index in [1.165, 1.54) is 5.56 Å². The van der Waals surface area contributed by atoms with Gasteiger partial charge in [0.25, 0.3) is 5.91 Å². The Morgan fingerprint density at radius 2 is 1.50 bits per heavy atom. The zero-order chi connectivity index (χ0) is 19.8. The van der Waals surface area contributed by atoms with E-state index in [-0.39, 0.29) is 5.91 Å². The van der Waals surface area contributed by atoms with Gasteiger partial charge in [-0.25, -0.2) is 0 Å². The summed E-state index contributed by atoms with van der Waals surface area (Å²) >= 11 is 0. The standard InChI is InChI=1S/C24H25NO3/c1-3-19-9-13-23(14-10-19)28-18(2)24(26)25-21-11-15-22(16-12-21)27-17-20-7-5-4-6-8-20/h4-16,18H,3,17H2,1-2H3,(H,25,26)/t18-/m0/s1. The Balaban J connectivity index is 1.50. The minimum absolute atomic E-state index is 0.197. The Labute approximate surface area is 166 Å². The summed E-state index contributed by atoms with van der Waals surface area (Å²) in [6, 6.07) is 25.1. The highest BCUT2D eigenvalue weighted by atomic mass is 16.5. The van der Waals surface area contributed by atoms with Gasteiger partial charge in [0.1, 0.15) is 18.1 Å². The first kappa shape index (κ1) is 19.5. The highest BCUT2D eigenvalue weighted by Crippen LogP contribution is 2.18. The summed E-state index contributed by atoms with van der Waals surface area (Å²) in [4.78, 5) is 12.4. The van der Waals surface area contributed by atoms with E-state index in [2.05, 4.69) is 12.2 Å². The maximum atomic E-state index is 12.4. The van der Waals surface area contributed by atoms with Gasteiger partial charge in [-0.3, -0.25) is 4.79 Å². The molecule has 4 nitrogen and oxygen atoms in total. The van der Waals surface area contributed by atoms with Crippen LogP contribution in [0.25, 0.3) is 0 Å². The smallest absolute Gasteiger partial charge is 0.265 e. The molecule has 0 aliphatic carbocycles. The number of ether oxygens (including phenoxy) is 2. The molecule has 1 N–H and O–H groups in total. The van der Waals surface area contributed by atoms with Crippen LogP contribution in [0.2, 0.25) is 0 Å². The van der Waals surface area contributed by atoms with Crippen molar-refractivity contribution in [2.75, 3.05) is 5.32 Å². The molecule has 0 bridgehead atoms. The lowest BCUT2D eigenvalue weighted by atomic mass is 10.2. The van der Waals surface area contributed by atoms with E-state index in [1.54, 1.807) is 6.92 Å². The molecule has 3 aromatic carbocycles. The van der Waals surface area contributed by atoms with E-state index in [9.17, 15) is 4.79 Å². The molecule has 0 aromatic heterocycles. The normalized spacial score (nSPS) is 11.5. The van der Waals surface area contributed by atoms with Crippen LogP contribution in [0.15, 0.2) is 78.9 Å². The predicted octanol–water partition coefficient (Wildman–Crippen LogP) is 5.23. The highest BCUT2D eigenvalue weighted by Gasteiger charge is 2.15. The minimum Gasteiger partial charge on any atom is -0.489 e. The maximum absolute atomic E-state index is 12.4. The molecule has 4 heteroatoms. The molecule has 0 fully saturated rings. The summed E-state index contributed by atoms with van der Waals surface area (Å²) in [6.07, 6.45) is 0.378. The first-order valence-electron chi connectivity index (χ1n) is 9.47. The van der Waals surface area contributed by atoms with Crippen LogP contribution in [-0.2, 0) is 17.8 Å². The second-order valence-electron chi connectivity index (χ2n) is 6.55. The maximum Gasteiger partial charge on any atom is 0.265 e. The molecule has 1 amide bonds. The molecule has 0 aliphatic heterocycles. The molecule has 3 rings (SSSR count). The van der Waals surface area contributed by atoms with E-state index < -0.39 is 6.10 Å². The van der Waals surface area contributed by atoms with Gasteiger partial charge in [-0.05, 0) is 60.9 Å². The molecule has 0 saturated carbocycles. The Morgan fingerprint density at radius 1 is 0.857 bits per heavy atom. The summed E-state index contributed by atoms with van der Waals surface area (Å²) in [7, 11) is 0. The van der Waals surface area contributed by atoms with Crippen LogP contribution in [0.4, 0.5) is 5.69 Å². The van der Waals surface area contributed by atoms with Crippen molar-refractivity contribution in [1.82, 2.24) is 0 Å². The zero-order valence-electron chi connectivity index (χ0n) is 16.2. The number of hydrogen-bond acceptors (Lipinski definition) is 3. The van der Waals surface area contributed by atoms with Crippen molar-refractivity contribution in [3.8, 4) is 11.5 Å². The molecule has 144 valence electrons. The van der Waals surface area contributed by atoms with E-state index in [0.717, 1.165) is 17.7 Å². The van der Waals surface area contributed by atoms with Crippen molar-refractivity contribution in [3.63, 3.8) is 0 Å². The number of rotatable bonds is 8. The quantitative estimate of drug-likeness (QED) is 0.586. The number of aryl methyl sites for hydroxylation is 1. The van der Waals surface area contributed by atoms with Gasteiger partial charge in [0.15, 0.2) is 6.10 Å².